The largest absolute Gasteiger partial charge is 0.308 e. The van der Waals surface area contributed by atoms with Crippen LogP contribution >= 0.6 is 11.6 Å². The second-order valence-corrected chi connectivity index (χ2v) is 4.39. The van der Waals surface area contributed by atoms with Gasteiger partial charge in [0.2, 0.25) is 0 Å². The van der Waals surface area contributed by atoms with E-state index in [2.05, 4.69) is 29.3 Å². The van der Waals surface area contributed by atoms with Gasteiger partial charge in [0.25, 0.3) is 0 Å². The van der Waals surface area contributed by atoms with Crippen molar-refractivity contribution in [3.63, 3.8) is 0 Å². The predicted molar refractivity (Wildman–Crippen MR) is 64.3 cm³/mol. The van der Waals surface area contributed by atoms with Gasteiger partial charge in [-0.25, -0.2) is 0 Å². The summed E-state index contributed by atoms with van der Waals surface area (Å²) in [6, 6.07) is 8.56. The quantitative estimate of drug-likeness (QED) is 0.830. The summed E-state index contributed by atoms with van der Waals surface area (Å²) in [6.07, 6.45) is 0. The maximum Gasteiger partial charge on any atom is 0.0450 e. The number of benzene rings is 1. The predicted octanol–water partition coefficient (Wildman–Crippen LogP) is 2.31. The Bertz CT molecular complexity index is 327. The fraction of sp³-hybridized carbons (Fsp3) is 0.500. The maximum absolute atomic E-state index is 5.99. The van der Waals surface area contributed by atoms with Crippen LogP contribution in [0.1, 0.15) is 18.5 Å². The first-order valence-electron chi connectivity index (χ1n) is 5.51. The Kier molecular flexibility index (Phi) is 3.62. The van der Waals surface area contributed by atoms with E-state index in [9.17, 15) is 0 Å². The van der Waals surface area contributed by atoms with Crippen LogP contribution in [0, 0.1) is 0 Å². The van der Waals surface area contributed by atoms with Gasteiger partial charge in [0.05, 0.1) is 0 Å². The van der Waals surface area contributed by atoms with Gasteiger partial charge in [0.15, 0.2) is 0 Å². The zero-order valence-electron chi connectivity index (χ0n) is 9.04. The van der Waals surface area contributed by atoms with Crippen LogP contribution in [-0.4, -0.2) is 31.1 Å². The first-order valence-corrected chi connectivity index (χ1v) is 5.88. The minimum absolute atomic E-state index is 0.428. The third kappa shape index (κ3) is 2.71. The first-order chi connectivity index (χ1) is 7.29. The number of likely N-dealkylation sites (N-methyl/N-ethyl adjacent to an activating group) is 1. The zero-order chi connectivity index (χ0) is 10.7. The molecule has 15 heavy (non-hydrogen) atoms. The Morgan fingerprint density at radius 1 is 1.53 bits per heavy atom. The molecule has 1 N–H and O–H groups in total. The summed E-state index contributed by atoms with van der Waals surface area (Å²) in [5.74, 6) is 0. The minimum atomic E-state index is 0.428. The SMILES string of the molecule is CCN1CCNC(c2cccc(Cl)c2)C1. The van der Waals surface area contributed by atoms with Crippen LogP contribution in [0.4, 0.5) is 0 Å². The number of halogens is 1. The van der Waals surface area contributed by atoms with Gasteiger partial charge in [0.1, 0.15) is 0 Å². The van der Waals surface area contributed by atoms with E-state index in [1.54, 1.807) is 0 Å². The molecule has 1 aromatic carbocycles. The molecule has 2 nitrogen and oxygen atoms in total. The van der Waals surface area contributed by atoms with Crippen LogP contribution in [0.3, 0.4) is 0 Å². The Balaban J connectivity index is 2.09. The number of hydrogen-bond donors (Lipinski definition) is 1. The Labute approximate surface area is 96.2 Å². The van der Waals surface area contributed by atoms with Crippen molar-refractivity contribution in [1.29, 1.82) is 0 Å². The van der Waals surface area contributed by atoms with Crippen molar-refractivity contribution in [2.24, 2.45) is 0 Å². The lowest BCUT2D eigenvalue weighted by molar-refractivity contribution is 0.210. The number of hydrogen-bond acceptors (Lipinski definition) is 2. The summed E-state index contributed by atoms with van der Waals surface area (Å²) >= 11 is 5.99. The monoisotopic (exact) mass is 224 g/mol. The van der Waals surface area contributed by atoms with Gasteiger partial charge in [-0.2, -0.15) is 0 Å². The van der Waals surface area contributed by atoms with Gasteiger partial charge < -0.3 is 10.2 Å². The third-order valence-electron chi connectivity index (χ3n) is 2.96. The molecule has 0 aliphatic carbocycles. The highest BCUT2D eigenvalue weighted by Crippen LogP contribution is 2.20. The normalized spacial score (nSPS) is 22.9. The zero-order valence-corrected chi connectivity index (χ0v) is 9.80. The second kappa shape index (κ2) is 4.97. The van der Waals surface area contributed by atoms with Crippen molar-refractivity contribution in [3.8, 4) is 0 Å². The van der Waals surface area contributed by atoms with Crippen molar-refractivity contribution in [1.82, 2.24) is 10.2 Å². The van der Waals surface area contributed by atoms with Gasteiger partial charge in [-0.3, -0.25) is 0 Å². The van der Waals surface area contributed by atoms with Crippen LogP contribution in [0.25, 0.3) is 0 Å². The molecule has 3 heteroatoms. The second-order valence-electron chi connectivity index (χ2n) is 3.95. The van der Waals surface area contributed by atoms with Gasteiger partial charge >= 0.3 is 0 Å². The average molecular weight is 225 g/mol. The molecule has 1 fully saturated rings. The molecular weight excluding hydrogens is 208 g/mol. The highest BCUT2D eigenvalue weighted by Gasteiger charge is 2.19. The third-order valence-corrected chi connectivity index (χ3v) is 3.19. The molecule has 1 atom stereocenters. The van der Waals surface area contributed by atoms with Gasteiger partial charge in [-0.05, 0) is 24.2 Å². The Morgan fingerprint density at radius 2 is 2.40 bits per heavy atom. The fourth-order valence-corrected chi connectivity index (χ4v) is 2.24. The van der Waals surface area contributed by atoms with Gasteiger partial charge in [0, 0.05) is 30.7 Å². The van der Waals surface area contributed by atoms with Crippen LogP contribution in [0.2, 0.25) is 5.02 Å². The number of rotatable bonds is 2. The molecule has 1 heterocycles. The topological polar surface area (TPSA) is 15.3 Å². The maximum atomic E-state index is 5.99. The van der Waals surface area contributed by atoms with E-state index in [-0.39, 0.29) is 0 Å². The number of nitrogens with one attached hydrogen (secondary N) is 1. The summed E-state index contributed by atoms with van der Waals surface area (Å²) < 4.78 is 0. The fourth-order valence-electron chi connectivity index (χ4n) is 2.04. The van der Waals surface area contributed by atoms with E-state index in [1.165, 1.54) is 5.56 Å². The van der Waals surface area contributed by atoms with E-state index < -0.39 is 0 Å². The van der Waals surface area contributed by atoms with Crippen LogP contribution in [0.15, 0.2) is 24.3 Å². The molecule has 0 bridgehead atoms. The van der Waals surface area contributed by atoms with Gasteiger partial charge in [-0.15, -0.1) is 0 Å². The van der Waals surface area contributed by atoms with E-state index in [4.69, 9.17) is 11.6 Å². The van der Waals surface area contributed by atoms with Crippen molar-refractivity contribution in [2.45, 2.75) is 13.0 Å². The number of nitrogens with zero attached hydrogens (tertiary/aromatic N) is 1. The van der Waals surface area contributed by atoms with Crippen molar-refractivity contribution in [3.05, 3.63) is 34.9 Å². The van der Waals surface area contributed by atoms with Crippen LogP contribution < -0.4 is 5.32 Å². The molecule has 1 aliphatic heterocycles. The highest BCUT2D eigenvalue weighted by atomic mass is 35.5. The summed E-state index contributed by atoms with van der Waals surface area (Å²) in [4.78, 5) is 2.46. The lowest BCUT2D eigenvalue weighted by Crippen LogP contribution is -2.45. The molecule has 82 valence electrons. The molecular formula is C12H17ClN2. The molecule has 1 aliphatic rings. The first kappa shape index (κ1) is 10.9. The highest BCUT2D eigenvalue weighted by molar-refractivity contribution is 6.30. The molecule has 0 aromatic heterocycles. The molecule has 0 radical (unpaired) electrons. The van der Waals surface area contributed by atoms with E-state index in [1.807, 2.05) is 12.1 Å². The molecule has 1 unspecified atom stereocenters. The molecule has 2 rings (SSSR count). The Hall–Kier alpha value is -0.570. The molecule has 1 saturated heterocycles. The van der Waals surface area contributed by atoms with E-state index in [0.717, 1.165) is 31.2 Å². The number of piperazine rings is 1. The molecule has 0 saturated carbocycles. The lowest BCUT2D eigenvalue weighted by atomic mass is 10.0. The van der Waals surface area contributed by atoms with E-state index >= 15 is 0 Å². The van der Waals surface area contributed by atoms with Crippen LogP contribution in [0.5, 0.6) is 0 Å². The van der Waals surface area contributed by atoms with Gasteiger partial charge in [-0.1, -0.05) is 30.7 Å². The minimum Gasteiger partial charge on any atom is -0.308 e. The molecule has 0 amide bonds. The van der Waals surface area contributed by atoms with Crippen molar-refractivity contribution in [2.75, 3.05) is 26.2 Å². The lowest BCUT2D eigenvalue weighted by Gasteiger charge is -2.33. The summed E-state index contributed by atoms with van der Waals surface area (Å²) in [5.41, 5.74) is 1.29. The van der Waals surface area contributed by atoms with Crippen molar-refractivity contribution < 1.29 is 0 Å². The summed E-state index contributed by atoms with van der Waals surface area (Å²) in [7, 11) is 0. The average Bonchev–Trinajstić information content (AvgIpc) is 2.29. The Morgan fingerprint density at radius 3 is 3.13 bits per heavy atom. The molecule has 1 aromatic rings. The van der Waals surface area contributed by atoms with Crippen LogP contribution in [-0.2, 0) is 0 Å². The smallest absolute Gasteiger partial charge is 0.0450 e. The van der Waals surface area contributed by atoms with Crippen molar-refractivity contribution >= 4 is 11.6 Å². The summed E-state index contributed by atoms with van der Waals surface area (Å²) in [5, 5.41) is 4.35. The summed E-state index contributed by atoms with van der Waals surface area (Å²) in [6.45, 7) is 6.62. The van der Waals surface area contributed by atoms with E-state index in [0.29, 0.717) is 6.04 Å². The standard InChI is InChI=1S/C12H17ClN2/c1-2-15-7-6-14-12(9-15)10-4-3-5-11(13)8-10/h3-5,8,12,14H,2,6-7,9H2,1H3. The molecule has 0 spiro atoms.